The molecule has 0 aliphatic carbocycles. The van der Waals surface area contributed by atoms with E-state index >= 15 is 0 Å². The highest BCUT2D eigenvalue weighted by Crippen LogP contribution is 2.11. The van der Waals surface area contributed by atoms with Gasteiger partial charge in [-0.15, -0.1) is 10.2 Å². The summed E-state index contributed by atoms with van der Waals surface area (Å²) in [7, 11) is 0. The number of aromatic nitrogens is 2. The van der Waals surface area contributed by atoms with Gasteiger partial charge in [-0.3, -0.25) is 4.79 Å². The summed E-state index contributed by atoms with van der Waals surface area (Å²) < 4.78 is 5.25. The third-order valence-corrected chi connectivity index (χ3v) is 2.68. The Hall–Kier alpha value is -2.17. The molecule has 0 unspecified atom stereocenters. The van der Waals surface area contributed by atoms with Crippen LogP contribution in [-0.2, 0) is 24.1 Å². The maximum absolute atomic E-state index is 10.5. The van der Waals surface area contributed by atoms with Crippen molar-refractivity contribution in [2.45, 2.75) is 26.2 Å². The number of benzene rings is 1. The second-order valence-corrected chi connectivity index (χ2v) is 4.09. The van der Waals surface area contributed by atoms with Crippen LogP contribution in [0.2, 0.25) is 0 Å². The van der Waals surface area contributed by atoms with Crippen LogP contribution in [0, 0.1) is 6.92 Å². The van der Waals surface area contributed by atoms with Gasteiger partial charge >= 0.3 is 5.97 Å². The summed E-state index contributed by atoms with van der Waals surface area (Å²) in [6.07, 6.45) is 1.20. The van der Waals surface area contributed by atoms with Crippen molar-refractivity contribution in [3.8, 4) is 0 Å². The molecule has 2 rings (SSSR count). The van der Waals surface area contributed by atoms with E-state index in [1.165, 1.54) is 11.1 Å². The number of carboxylic acid groups (broad SMARTS) is 1. The molecule has 5 nitrogen and oxygen atoms in total. The highest BCUT2D eigenvalue weighted by molar-refractivity contribution is 5.68. The van der Waals surface area contributed by atoms with E-state index in [2.05, 4.69) is 29.3 Å². The third kappa shape index (κ3) is 3.16. The number of carbonyl (C=O) groups is 1. The quantitative estimate of drug-likeness (QED) is 0.870. The Balaban J connectivity index is 1.96. The molecule has 1 heterocycles. The van der Waals surface area contributed by atoms with Gasteiger partial charge in [0.2, 0.25) is 11.8 Å². The molecule has 0 saturated carbocycles. The van der Waals surface area contributed by atoms with Gasteiger partial charge in [-0.05, 0) is 24.5 Å². The predicted octanol–water partition coefficient (Wildman–Crippen LogP) is 1.79. The molecule has 1 aromatic carbocycles. The number of hydrogen-bond donors (Lipinski definition) is 1. The van der Waals surface area contributed by atoms with E-state index < -0.39 is 5.97 Å². The summed E-state index contributed by atoms with van der Waals surface area (Å²) in [5.74, 6) is -0.333. The fraction of sp³-hybridized carbons (Fsp3) is 0.308. The minimum absolute atomic E-state index is 0.155. The van der Waals surface area contributed by atoms with Gasteiger partial charge in [0.1, 0.15) is 6.42 Å². The third-order valence-electron chi connectivity index (χ3n) is 2.68. The second kappa shape index (κ2) is 5.44. The van der Waals surface area contributed by atoms with E-state index in [9.17, 15) is 4.79 Å². The number of aryl methyl sites for hydroxylation is 3. The number of nitrogens with zero attached hydrogens (tertiary/aromatic N) is 2. The van der Waals surface area contributed by atoms with Crippen LogP contribution in [-0.4, -0.2) is 21.3 Å². The number of aliphatic carboxylic acids is 1. The van der Waals surface area contributed by atoms with Crippen LogP contribution in [0.25, 0.3) is 0 Å². The molecule has 2 aromatic rings. The van der Waals surface area contributed by atoms with E-state index in [0.29, 0.717) is 12.3 Å². The summed E-state index contributed by atoms with van der Waals surface area (Å²) in [5, 5.41) is 16.1. The molecule has 1 N–H and O–H groups in total. The maximum atomic E-state index is 10.5. The lowest BCUT2D eigenvalue weighted by Crippen LogP contribution is -1.99. The summed E-state index contributed by atoms with van der Waals surface area (Å²) in [4.78, 5) is 10.5. The van der Waals surface area contributed by atoms with Crippen molar-refractivity contribution >= 4 is 5.97 Å². The smallest absolute Gasteiger partial charge is 0.312 e. The first kappa shape index (κ1) is 12.3. The van der Waals surface area contributed by atoms with Crippen LogP contribution in [0.4, 0.5) is 0 Å². The molecule has 0 aliphatic rings. The van der Waals surface area contributed by atoms with Gasteiger partial charge in [0.05, 0.1) is 0 Å². The van der Waals surface area contributed by atoms with Crippen molar-refractivity contribution in [3.05, 3.63) is 47.2 Å². The van der Waals surface area contributed by atoms with Crippen LogP contribution in [0.3, 0.4) is 0 Å². The van der Waals surface area contributed by atoms with E-state index in [0.717, 1.165) is 6.42 Å². The normalized spacial score (nSPS) is 10.5. The zero-order chi connectivity index (χ0) is 13.0. The Kier molecular flexibility index (Phi) is 3.72. The zero-order valence-corrected chi connectivity index (χ0v) is 10.1. The Morgan fingerprint density at radius 1 is 1.22 bits per heavy atom. The average Bonchev–Trinajstić information content (AvgIpc) is 2.75. The number of rotatable bonds is 5. The van der Waals surface area contributed by atoms with Gasteiger partial charge in [-0.25, -0.2) is 0 Å². The summed E-state index contributed by atoms with van der Waals surface area (Å²) in [6, 6.07) is 8.10. The molecule has 0 amide bonds. The van der Waals surface area contributed by atoms with Crippen LogP contribution >= 0.6 is 0 Å². The molecule has 5 heteroatoms. The fourth-order valence-corrected chi connectivity index (χ4v) is 1.72. The molecule has 0 aliphatic heterocycles. The molecule has 0 fully saturated rings. The molecule has 0 atom stereocenters. The van der Waals surface area contributed by atoms with Crippen LogP contribution in [0.5, 0.6) is 0 Å². The molecule has 0 radical (unpaired) electrons. The van der Waals surface area contributed by atoms with Gasteiger partial charge in [-0.2, -0.15) is 0 Å². The Morgan fingerprint density at radius 2 is 1.94 bits per heavy atom. The topological polar surface area (TPSA) is 76.2 Å². The zero-order valence-electron chi connectivity index (χ0n) is 10.1. The molecular weight excluding hydrogens is 232 g/mol. The Labute approximate surface area is 104 Å². The van der Waals surface area contributed by atoms with Crippen molar-refractivity contribution < 1.29 is 14.3 Å². The minimum Gasteiger partial charge on any atom is -0.481 e. The average molecular weight is 246 g/mol. The van der Waals surface area contributed by atoms with Crippen molar-refractivity contribution in [1.82, 2.24) is 10.2 Å². The Bertz CT molecular complexity index is 549. The molecule has 0 spiro atoms. The second-order valence-electron chi connectivity index (χ2n) is 4.09. The van der Waals surface area contributed by atoms with E-state index in [-0.39, 0.29) is 12.3 Å². The SMILES string of the molecule is Cc1ccccc1CCc1nnc(CC(=O)O)o1. The van der Waals surface area contributed by atoms with Crippen LogP contribution < -0.4 is 0 Å². The van der Waals surface area contributed by atoms with E-state index in [1.807, 2.05) is 12.1 Å². The van der Waals surface area contributed by atoms with Crippen molar-refractivity contribution in [2.75, 3.05) is 0 Å². The largest absolute Gasteiger partial charge is 0.481 e. The van der Waals surface area contributed by atoms with Gasteiger partial charge in [-0.1, -0.05) is 24.3 Å². The maximum Gasteiger partial charge on any atom is 0.312 e. The Morgan fingerprint density at radius 3 is 2.67 bits per heavy atom. The van der Waals surface area contributed by atoms with Crippen molar-refractivity contribution in [1.29, 1.82) is 0 Å². The molecule has 18 heavy (non-hydrogen) atoms. The van der Waals surface area contributed by atoms with Gasteiger partial charge in [0.15, 0.2) is 0 Å². The molecule has 0 saturated heterocycles. The fourth-order valence-electron chi connectivity index (χ4n) is 1.72. The predicted molar refractivity (Wildman–Crippen MR) is 64.2 cm³/mol. The number of hydrogen-bond acceptors (Lipinski definition) is 4. The van der Waals surface area contributed by atoms with E-state index in [1.54, 1.807) is 0 Å². The monoisotopic (exact) mass is 246 g/mol. The lowest BCUT2D eigenvalue weighted by molar-refractivity contribution is -0.136. The van der Waals surface area contributed by atoms with Gasteiger partial charge in [0, 0.05) is 6.42 Å². The van der Waals surface area contributed by atoms with E-state index in [4.69, 9.17) is 9.52 Å². The lowest BCUT2D eigenvalue weighted by Gasteiger charge is -2.02. The first-order valence-electron chi connectivity index (χ1n) is 5.72. The standard InChI is InChI=1S/C13H14N2O3/c1-9-4-2-3-5-10(9)6-7-11-14-15-12(18-11)8-13(16)17/h2-5H,6-8H2,1H3,(H,16,17). The van der Waals surface area contributed by atoms with Gasteiger partial charge in [0.25, 0.3) is 0 Å². The van der Waals surface area contributed by atoms with Crippen molar-refractivity contribution in [2.24, 2.45) is 0 Å². The molecule has 94 valence electrons. The summed E-state index contributed by atoms with van der Waals surface area (Å²) >= 11 is 0. The number of carboxylic acids is 1. The van der Waals surface area contributed by atoms with Crippen LogP contribution in [0.15, 0.2) is 28.7 Å². The highest BCUT2D eigenvalue weighted by atomic mass is 16.4. The van der Waals surface area contributed by atoms with Crippen LogP contribution in [0.1, 0.15) is 22.9 Å². The summed E-state index contributed by atoms with van der Waals surface area (Å²) in [6.45, 7) is 2.05. The lowest BCUT2D eigenvalue weighted by atomic mass is 10.0. The van der Waals surface area contributed by atoms with Crippen molar-refractivity contribution in [3.63, 3.8) is 0 Å². The summed E-state index contributed by atoms with van der Waals surface area (Å²) in [5.41, 5.74) is 2.46. The molecule has 1 aromatic heterocycles. The highest BCUT2D eigenvalue weighted by Gasteiger charge is 2.10. The first-order chi connectivity index (χ1) is 8.65. The van der Waals surface area contributed by atoms with Gasteiger partial charge < -0.3 is 9.52 Å². The first-order valence-corrected chi connectivity index (χ1v) is 5.72. The molecule has 0 bridgehead atoms. The minimum atomic E-state index is -0.968. The molecular formula is C13H14N2O3.